The Kier molecular flexibility index (Phi) is 15.2. The molecule has 9 nitrogen and oxygen atoms in total. The predicted octanol–water partition coefficient (Wildman–Crippen LogP) is 14.6. The van der Waals surface area contributed by atoms with Gasteiger partial charge < -0.3 is 5.32 Å². The Labute approximate surface area is 377 Å². The fourth-order valence-corrected chi connectivity index (χ4v) is 6.57. The number of hydrogen-bond donors (Lipinski definition) is 1. The maximum Gasteiger partial charge on any atom is 0.240 e. The van der Waals surface area contributed by atoms with Crippen LogP contribution in [-0.4, -0.2) is 29.9 Å². The van der Waals surface area contributed by atoms with Crippen molar-refractivity contribution >= 4 is 92.4 Å². The molecular weight excluding hydrogens is 844 g/mol. The van der Waals surface area contributed by atoms with Crippen molar-refractivity contribution in [3.05, 3.63) is 200 Å². The van der Waals surface area contributed by atoms with Crippen molar-refractivity contribution in [1.29, 1.82) is 0 Å². The molecule has 0 unspecified atom stereocenters. The van der Waals surface area contributed by atoms with E-state index in [1.807, 2.05) is 9.80 Å². The number of nitrogens with zero attached hydrogens (tertiary/aromatic N) is 8. The Balaban J connectivity index is 0.000000210. The standard InChI is InChI=1S/C31H28ClN5.C14H15N.C3Cl3N3/c1-21-5-13-25(14-6-21)36(26-15-7-22(2)8-16-26)30-33-29(32)34-31(35-30)37(27-17-9-23(3)10-18-27)28-19-11-24(4)12-20-28;1-11-3-7-13(8-4-11)15-14-9-5-12(2)6-10-14;4-1-7-2(5)9-3(6)8-1/h5-20H,1-4H3;3-10,15H,1-2H3;. The zero-order valence-corrected chi connectivity index (χ0v) is 37.5. The van der Waals surface area contributed by atoms with E-state index >= 15 is 0 Å². The van der Waals surface area contributed by atoms with Gasteiger partial charge in [0.25, 0.3) is 0 Å². The zero-order valence-electron chi connectivity index (χ0n) is 34.4. The van der Waals surface area contributed by atoms with Gasteiger partial charge in [-0.1, -0.05) is 106 Å². The highest BCUT2D eigenvalue weighted by Gasteiger charge is 2.22. The van der Waals surface area contributed by atoms with Crippen LogP contribution in [-0.2, 0) is 0 Å². The van der Waals surface area contributed by atoms with Crippen molar-refractivity contribution in [3.63, 3.8) is 0 Å². The van der Waals surface area contributed by atoms with Crippen molar-refractivity contribution in [2.75, 3.05) is 15.1 Å². The van der Waals surface area contributed by atoms with Gasteiger partial charge in [-0.15, -0.1) is 0 Å². The number of hydrogen-bond acceptors (Lipinski definition) is 9. The van der Waals surface area contributed by atoms with Crippen molar-refractivity contribution in [3.8, 4) is 0 Å². The molecular formula is C48H43Cl4N9. The summed E-state index contributed by atoms with van der Waals surface area (Å²) in [5.41, 5.74) is 13.2. The van der Waals surface area contributed by atoms with Crippen LogP contribution in [0.5, 0.6) is 0 Å². The van der Waals surface area contributed by atoms with Crippen LogP contribution in [0.1, 0.15) is 33.4 Å². The van der Waals surface area contributed by atoms with Crippen LogP contribution in [0.4, 0.5) is 46.0 Å². The summed E-state index contributed by atoms with van der Waals surface area (Å²) in [6.45, 7) is 12.5. The summed E-state index contributed by atoms with van der Waals surface area (Å²) in [5.74, 6) is 0.874. The minimum absolute atomic E-state index is 0.000000000000000444. The van der Waals surface area contributed by atoms with E-state index in [1.54, 1.807) is 0 Å². The summed E-state index contributed by atoms with van der Waals surface area (Å²) in [6.07, 6.45) is 0. The van der Waals surface area contributed by atoms with E-state index in [0.717, 1.165) is 34.1 Å². The number of nitrogens with one attached hydrogen (secondary N) is 1. The van der Waals surface area contributed by atoms with E-state index in [2.05, 4.69) is 217 Å². The van der Waals surface area contributed by atoms with Crippen LogP contribution in [0.25, 0.3) is 0 Å². The van der Waals surface area contributed by atoms with E-state index in [9.17, 15) is 0 Å². The summed E-state index contributed by atoms with van der Waals surface area (Å²) in [5, 5.41) is 3.48. The summed E-state index contributed by atoms with van der Waals surface area (Å²) in [6, 6.07) is 49.9. The van der Waals surface area contributed by atoms with E-state index in [4.69, 9.17) is 51.4 Å². The molecule has 0 saturated carbocycles. The number of aryl methyl sites for hydroxylation is 6. The Bertz CT molecular complexity index is 2350. The third-order valence-electron chi connectivity index (χ3n) is 9.10. The van der Waals surface area contributed by atoms with Crippen LogP contribution in [0.2, 0.25) is 21.1 Å². The number of rotatable bonds is 8. The van der Waals surface area contributed by atoms with Gasteiger partial charge in [-0.25, -0.2) is 0 Å². The highest BCUT2D eigenvalue weighted by molar-refractivity contribution is 6.33. The quantitative estimate of drug-likeness (QED) is 0.160. The number of aromatic nitrogens is 6. The maximum atomic E-state index is 6.57. The number of halogens is 4. The molecule has 61 heavy (non-hydrogen) atoms. The second-order valence-corrected chi connectivity index (χ2v) is 15.6. The van der Waals surface area contributed by atoms with Gasteiger partial charge in [0.2, 0.25) is 33.0 Å². The largest absolute Gasteiger partial charge is 0.356 e. The van der Waals surface area contributed by atoms with E-state index in [0.29, 0.717) is 11.9 Å². The number of anilines is 8. The molecule has 0 radical (unpaired) electrons. The van der Waals surface area contributed by atoms with Crippen molar-refractivity contribution < 1.29 is 0 Å². The molecule has 0 amide bonds. The minimum atomic E-state index is 0.000000000000000444. The van der Waals surface area contributed by atoms with E-state index in [1.165, 1.54) is 33.4 Å². The third-order valence-corrected chi connectivity index (χ3v) is 9.77. The van der Waals surface area contributed by atoms with Gasteiger partial charge in [0.15, 0.2) is 0 Å². The predicted molar refractivity (Wildman–Crippen MR) is 254 cm³/mol. The summed E-state index contributed by atoms with van der Waals surface area (Å²) in [7, 11) is 0. The van der Waals surface area contributed by atoms with Gasteiger partial charge >= 0.3 is 0 Å². The van der Waals surface area contributed by atoms with Crippen LogP contribution in [0, 0.1) is 41.5 Å². The molecule has 1 N–H and O–H groups in total. The Morgan fingerprint density at radius 2 is 0.508 bits per heavy atom. The first-order chi connectivity index (χ1) is 29.3. The molecule has 0 aliphatic carbocycles. The maximum absolute atomic E-state index is 6.57. The Hall–Kier alpha value is -6.10. The molecule has 6 aromatic carbocycles. The van der Waals surface area contributed by atoms with E-state index in [-0.39, 0.29) is 21.1 Å². The van der Waals surface area contributed by atoms with Crippen LogP contribution in [0.15, 0.2) is 146 Å². The third kappa shape index (κ3) is 12.9. The smallest absolute Gasteiger partial charge is 0.240 e. The van der Waals surface area contributed by atoms with E-state index < -0.39 is 0 Å². The van der Waals surface area contributed by atoms with Crippen LogP contribution in [0.3, 0.4) is 0 Å². The average Bonchev–Trinajstić information content (AvgIpc) is 3.22. The number of benzene rings is 6. The highest BCUT2D eigenvalue weighted by Crippen LogP contribution is 2.37. The second-order valence-electron chi connectivity index (χ2n) is 14.2. The summed E-state index contributed by atoms with van der Waals surface area (Å²) < 4.78 is 0. The molecule has 13 heteroatoms. The second kappa shape index (κ2) is 20.9. The lowest BCUT2D eigenvalue weighted by Gasteiger charge is -2.27. The first kappa shape index (κ1) is 44.5. The first-order valence-electron chi connectivity index (χ1n) is 19.2. The summed E-state index contributed by atoms with van der Waals surface area (Å²) in [4.78, 5) is 28.5. The Morgan fingerprint density at radius 3 is 0.754 bits per heavy atom. The highest BCUT2D eigenvalue weighted by atomic mass is 35.5. The topological polar surface area (TPSA) is 95.9 Å². The molecule has 8 rings (SSSR count). The Morgan fingerprint density at radius 1 is 0.295 bits per heavy atom. The van der Waals surface area contributed by atoms with Gasteiger partial charge in [-0.2, -0.15) is 29.9 Å². The molecule has 0 aliphatic rings. The molecule has 0 aliphatic heterocycles. The average molecular weight is 888 g/mol. The normalized spacial score (nSPS) is 10.5. The van der Waals surface area contributed by atoms with Crippen molar-refractivity contribution in [2.45, 2.75) is 41.5 Å². The molecule has 2 aromatic heterocycles. The lowest BCUT2D eigenvalue weighted by molar-refractivity contribution is 0.981. The lowest BCUT2D eigenvalue weighted by atomic mass is 10.1. The minimum Gasteiger partial charge on any atom is -0.356 e. The van der Waals surface area contributed by atoms with Gasteiger partial charge in [0.1, 0.15) is 0 Å². The fourth-order valence-electron chi connectivity index (χ4n) is 5.81. The zero-order chi connectivity index (χ0) is 43.5. The van der Waals surface area contributed by atoms with Gasteiger partial charge in [0.05, 0.1) is 0 Å². The van der Waals surface area contributed by atoms with Crippen molar-refractivity contribution in [1.82, 2.24) is 29.9 Å². The SMILES string of the molecule is Cc1ccc(N(c2ccc(C)cc2)c2nc(Cl)nc(N(c3ccc(C)cc3)c3ccc(C)cc3)n2)cc1.Cc1ccc(Nc2ccc(C)cc2)cc1.Clc1nc(Cl)nc(Cl)n1. The van der Waals surface area contributed by atoms with Gasteiger partial charge in [-0.05, 0) is 161 Å². The van der Waals surface area contributed by atoms with Gasteiger partial charge in [-0.3, -0.25) is 9.80 Å². The van der Waals surface area contributed by atoms with Gasteiger partial charge in [0, 0.05) is 34.1 Å². The van der Waals surface area contributed by atoms with Crippen LogP contribution < -0.4 is 15.1 Å². The van der Waals surface area contributed by atoms with Crippen molar-refractivity contribution in [2.24, 2.45) is 0 Å². The first-order valence-corrected chi connectivity index (χ1v) is 20.7. The molecule has 0 fully saturated rings. The molecule has 8 aromatic rings. The molecule has 308 valence electrons. The fraction of sp³-hybridized carbons (Fsp3) is 0.125. The molecule has 0 saturated heterocycles. The lowest BCUT2D eigenvalue weighted by Crippen LogP contribution is -2.19. The molecule has 0 bridgehead atoms. The molecule has 0 atom stereocenters. The molecule has 0 spiro atoms. The van der Waals surface area contributed by atoms with Crippen LogP contribution >= 0.6 is 46.4 Å². The summed E-state index contributed by atoms with van der Waals surface area (Å²) >= 11 is 22.5. The monoisotopic (exact) mass is 885 g/mol. The molecule has 2 heterocycles.